The van der Waals surface area contributed by atoms with Gasteiger partial charge in [0.25, 0.3) is 0 Å². The number of methoxy groups -OCH3 is 1. The lowest BCUT2D eigenvalue weighted by Gasteiger charge is -2.13. The molecule has 4 heteroatoms. The van der Waals surface area contributed by atoms with Gasteiger partial charge in [-0.1, -0.05) is 37.1 Å². The van der Waals surface area contributed by atoms with E-state index in [2.05, 4.69) is 10.6 Å². The van der Waals surface area contributed by atoms with Crippen molar-refractivity contribution in [1.29, 1.82) is 0 Å². The van der Waals surface area contributed by atoms with Crippen LogP contribution in [0.25, 0.3) is 0 Å². The molecule has 4 nitrogen and oxygen atoms in total. The Kier molecular flexibility index (Phi) is 6.02. The van der Waals surface area contributed by atoms with Crippen LogP contribution >= 0.6 is 0 Å². The molecular formula is C16H24N2O2. The van der Waals surface area contributed by atoms with Crippen LogP contribution in [0, 0.1) is 0 Å². The summed E-state index contributed by atoms with van der Waals surface area (Å²) in [5.41, 5.74) is 2.24. The third-order valence-electron chi connectivity index (χ3n) is 3.80. The first-order valence-corrected chi connectivity index (χ1v) is 7.35. The lowest BCUT2D eigenvalue weighted by atomic mass is 10.1. The van der Waals surface area contributed by atoms with Crippen molar-refractivity contribution in [3.05, 3.63) is 35.4 Å². The standard InChI is InChI=1S/C16H24N2O2/c1-20-12-14-7-3-2-6-13(14)10-18-16(19)11-17-15-8-4-5-9-15/h2-3,6-7,15,17H,4-5,8-12H2,1H3,(H,18,19). The molecule has 1 aliphatic carbocycles. The smallest absolute Gasteiger partial charge is 0.234 e. The third kappa shape index (κ3) is 4.62. The molecule has 2 N–H and O–H groups in total. The summed E-state index contributed by atoms with van der Waals surface area (Å²) in [7, 11) is 1.68. The van der Waals surface area contributed by atoms with Gasteiger partial charge in [0.05, 0.1) is 13.2 Å². The van der Waals surface area contributed by atoms with E-state index in [1.807, 2.05) is 24.3 Å². The van der Waals surface area contributed by atoms with Gasteiger partial charge >= 0.3 is 0 Å². The SMILES string of the molecule is COCc1ccccc1CNC(=O)CNC1CCCC1. The first kappa shape index (κ1) is 15.0. The van der Waals surface area contributed by atoms with Gasteiger partial charge in [0, 0.05) is 19.7 Å². The Morgan fingerprint density at radius 3 is 2.65 bits per heavy atom. The summed E-state index contributed by atoms with van der Waals surface area (Å²) in [4.78, 5) is 11.8. The fourth-order valence-corrected chi connectivity index (χ4v) is 2.65. The van der Waals surface area contributed by atoms with E-state index in [4.69, 9.17) is 4.74 Å². The monoisotopic (exact) mass is 276 g/mol. The van der Waals surface area contributed by atoms with Crippen molar-refractivity contribution in [2.45, 2.75) is 44.9 Å². The number of nitrogens with one attached hydrogen (secondary N) is 2. The minimum absolute atomic E-state index is 0.0594. The van der Waals surface area contributed by atoms with Crippen LogP contribution in [0.15, 0.2) is 24.3 Å². The highest BCUT2D eigenvalue weighted by Gasteiger charge is 2.15. The Labute approximate surface area is 120 Å². The lowest BCUT2D eigenvalue weighted by molar-refractivity contribution is -0.120. The molecule has 0 bridgehead atoms. The Balaban J connectivity index is 1.74. The van der Waals surface area contributed by atoms with Crippen LogP contribution < -0.4 is 10.6 Å². The van der Waals surface area contributed by atoms with Crippen molar-refractivity contribution in [2.75, 3.05) is 13.7 Å². The molecule has 1 aromatic rings. The van der Waals surface area contributed by atoms with Gasteiger partial charge in [-0.15, -0.1) is 0 Å². The maximum absolute atomic E-state index is 11.8. The third-order valence-corrected chi connectivity index (χ3v) is 3.80. The molecule has 1 aliphatic rings. The van der Waals surface area contributed by atoms with Crippen molar-refractivity contribution in [3.8, 4) is 0 Å². The molecule has 0 spiro atoms. The molecule has 1 saturated carbocycles. The predicted octanol–water partition coefficient (Wildman–Crippen LogP) is 1.98. The van der Waals surface area contributed by atoms with Crippen LogP contribution in [0.5, 0.6) is 0 Å². The fraction of sp³-hybridized carbons (Fsp3) is 0.562. The predicted molar refractivity (Wildman–Crippen MR) is 79.3 cm³/mol. The van der Waals surface area contributed by atoms with E-state index >= 15 is 0 Å². The molecule has 110 valence electrons. The van der Waals surface area contributed by atoms with Gasteiger partial charge in [-0.2, -0.15) is 0 Å². The first-order valence-electron chi connectivity index (χ1n) is 7.35. The summed E-state index contributed by atoms with van der Waals surface area (Å²) >= 11 is 0. The summed E-state index contributed by atoms with van der Waals surface area (Å²) in [6.45, 7) is 1.55. The zero-order valence-electron chi connectivity index (χ0n) is 12.2. The fourth-order valence-electron chi connectivity index (χ4n) is 2.65. The number of hydrogen-bond acceptors (Lipinski definition) is 3. The number of carbonyl (C=O) groups is 1. The van der Waals surface area contributed by atoms with Crippen LogP contribution in [0.3, 0.4) is 0 Å². The molecule has 0 aromatic heterocycles. The molecule has 1 fully saturated rings. The van der Waals surface area contributed by atoms with Crippen molar-refractivity contribution in [2.24, 2.45) is 0 Å². The van der Waals surface area contributed by atoms with E-state index in [-0.39, 0.29) is 5.91 Å². The maximum Gasteiger partial charge on any atom is 0.234 e. The molecule has 0 radical (unpaired) electrons. The molecule has 0 unspecified atom stereocenters. The lowest BCUT2D eigenvalue weighted by Crippen LogP contribution is -2.37. The summed E-state index contributed by atoms with van der Waals surface area (Å²) in [5.74, 6) is 0.0594. The second-order valence-corrected chi connectivity index (χ2v) is 5.34. The summed E-state index contributed by atoms with van der Waals surface area (Å²) in [6.07, 6.45) is 4.96. The normalized spacial score (nSPS) is 15.4. The average molecular weight is 276 g/mol. The molecule has 2 rings (SSSR count). The molecule has 0 aliphatic heterocycles. The van der Waals surface area contributed by atoms with Crippen molar-refractivity contribution < 1.29 is 9.53 Å². The maximum atomic E-state index is 11.8. The van der Waals surface area contributed by atoms with Crippen LogP contribution in [0.4, 0.5) is 0 Å². The van der Waals surface area contributed by atoms with Gasteiger partial charge in [0.1, 0.15) is 0 Å². The van der Waals surface area contributed by atoms with Crippen LogP contribution in [0.1, 0.15) is 36.8 Å². The molecule has 0 saturated heterocycles. The second kappa shape index (κ2) is 8.02. The summed E-state index contributed by atoms with van der Waals surface area (Å²) in [5, 5.41) is 6.29. The van der Waals surface area contributed by atoms with E-state index < -0.39 is 0 Å². The van der Waals surface area contributed by atoms with Gasteiger partial charge in [0.2, 0.25) is 5.91 Å². The number of hydrogen-bond donors (Lipinski definition) is 2. The minimum Gasteiger partial charge on any atom is -0.380 e. The van der Waals surface area contributed by atoms with Crippen LogP contribution in [-0.4, -0.2) is 25.6 Å². The van der Waals surface area contributed by atoms with E-state index in [9.17, 15) is 4.79 Å². The van der Waals surface area contributed by atoms with Crippen molar-refractivity contribution in [1.82, 2.24) is 10.6 Å². The number of carbonyl (C=O) groups excluding carboxylic acids is 1. The van der Waals surface area contributed by atoms with Gasteiger partial charge in [0.15, 0.2) is 0 Å². The quantitative estimate of drug-likeness (QED) is 0.800. The van der Waals surface area contributed by atoms with E-state index in [0.29, 0.717) is 25.7 Å². The van der Waals surface area contributed by atoms with Gasteiger partial charge in [-0.25, -0.2) is 0 Å². The van der Waals surface area contributed by atoms with Crippen molar-refractivity contribution >= 4 is 5.91 Å². The highest BCUT2D eigenvalue weighted by atomic mass is 16.5. The number of amides is 1. The molecule has 1 aromatic carbocycles. The summed E-state index contributed by atoms with van der Waals surface area (Å²) in [6, 6.07) is 8.56. The molecule has 20 heavy (non-hydrogen) atoms. The number of benzene rings is 1. The topological polar surface area (TPSA) is 50.4 Å². The Hall–Kier alpha value is -1.39. The van der Waals surface area contributed by atoms with Gasteiger partial charge in [-0.05, 0) is 24.0 Å². The molecule has 1 amide bonds. The van der Waals surface area contributed by atoms with Gasteiger partial charge in [-0.3, -0.25) is 4.79 Å². The van der Waals surface area contributed by atoms with Crippen LogP contribution in [-0.2, 0) is 22.7 Å². The van der Waals surface area contributed by atoms with E-state index in [0.717, 1.165) is 11.1 Å². The summed E-state index contributed by atoms with van der Waals surface area (Å²) < 4.78 is 5.17. The Bertz CT molecular complexity index is 428. The minimum atomic E-state index is 0.0594. The second-order valence-electron chi connectivity index (χ2n) is 5.34. The zero-order chi connectivity index (χ0) is 14.2. The Morgan fingerprint density at radius 2 is 1.95 bits per heavy atom. The highest BCUT2D eigenvalue weighted by molar-refractivity contribution is 5.78. The van der Waals surface area contributed by atoms with Crippen molar-refractivity contribution in [3.63, 3.8) is 0 Å². The van der Waals surface area contributed by atoms with E-state index in [1.54, 1.807) is 7.11 Å². The molecule has 0 heterocycles. The first-order chi connectivity index (χ1) is 9.79. The van der Waals surface area contributed by atoms with Crippen LogP contribution in [0.2, 0.25) is 0 Å². The van der Waals surface area contributed by atoms with Gasteiger partial charge < -0.3 is 15.4 Å². The number of rotatable bonds is 7. The molecular weight excluding hydrogens is 252 g/mol. The van der Waals surface area contributed by atoms with E-state index in [1.165, 1.54) is 25.7 Å². The zero-order valence-corrected chi connectivity index (χ0v) is 12.2. The highest BCUT2D eigenvalue weighted by Crippen LogP contribution is 2.17. The average Bonchev–Trinajstić information content (AvgIpc) is 2.98. The number of ether oxygens (including phenoxy) is 1. The Morgan fingerprint density at radius 1 is 1.25 bits per heavy atom. The largest absolute Gasteiger partial charge is 0.380 e. The molecule has 0 atom stereocenters.